The summed E-state index contributed by atoms with van der Waals surface area (Å²) in [6, 6.07) is 13.7. The van der Waals surface area contributed by atoms with Crippen LogP contribution in [0, 0.1) is 0 Å². The first-order valence-corrected chi connectivity index (χ1v) is 9.05. The molecule has 23 heavy (non-hydrogen) atoms. The Morgan fingerprint density at radius 2 is 1.91 bits per heavy atom. The average molecular weight is 410 g/mol. The quantitative estimate of drug-likeness (QED) is 0.563. The number of nitrogens with zero attached hydrogens (tertiary/aromatic N) is 1. The van der Waals surface area contributed by atoms with E-state index < -0.39 is 0 Å². The van der Waals surface area contributed by atoms with E-state index in [9.17, 15) is 0 Å². The molecule has 6 heteroatoms. The van der Waals surface area contributed by atoms with Gasteiger partial charge in [0.2, 0.25) is 0 Å². The Kier molecular flexibility index (Phi) is 5.54. The van der Waals surface area contributed by atoms with Gasteiger partial charge in [-0.15, -0.1) is 11.3 Å². The van der Waals surface area contributed by atoms with Gasteiger partial charge in [0, 0.05) is 23.1 Å². The minimum absolute atomic E-state index is 0.506. The molecule has 1 heterocycles. The monoisotopic (exact) mass is 408 g/mol. The first kappa shape index (κ1) is 16.3. The van der Waals surface area contributed by atoms with E-state index in [1.54, 1.807) is 17.5 Å². The normalized spacial score (nSPS) is 10.5. The number of halogens is 2. The largest absolute Gasteiger partial charge is 0.488 e. The lowest BCUT2D eigenvalue weighted by Gasteiger charge is -2.10. The van der Waals surface area contributed by atoms with Crippen molar-refractivity contribution in [2.45, 2.75) is 13.2 Å². The van der Waals surface area contributed by atoms with Crippen LogP contribution in [-0.4, -0.2) is 4.98 Å². The molecule has 118 valence electrons. The average Bonchev–Trinajstić information content (AvgIpc) is 3.07. The maximum Gasteiger partial charge on any atom is 0.182 e. The van der Waals surface area contributed by atoms with Crippen LogP contribution in [0.3, 0.4) is 0 Å². The van der Waals surface area contributed by atoms with Gasteiger partial charge >= 0.3 is 0 Å². The van der Waals surface area contributed by atoms with E-state index in [1.165, 1.54) is 0 Å². The number of benzene rings is 2. The lowest BCUT2D eigenvalue weighted by molar-refractivity contribution is 0.304. The zero-order chi connectivity index (χ0) is 16.1. The molecule has 1 N–H and O–H groups in total. The van der Waals surface area contributed by atoms with Crippen molar-refractivity contribution in [3.63, 3.8) is 0 Å². The number of anilines is 1. The minimum Gasteiger partial charge on any atom is -0.488 e. The Labute approximate surface area is 152 Å². The fraction of sp³-hybridized carbons (Fsp3) is 0.118. The summed E-state index contributed by atoms with van der Waals surface area (Å²) in [6.07, 6.45) is 1.79. The summed E-state index contributed by atoms with van der Waals surface area (Å²) in [5.41, 5.74) is 2.24. The zero-order valence-electron chi connectivity index (χ0n) is 12.1. The maximum absolute atomic E-state index is 5.88. The van der Waals surface area contributed by atoms with Crippen molar-refractivity contribution in [1.82, 2.24) is 4.98 Å². The van der Waals surface area contributed by atoms with Crippen LogP contribution in [0.1, 0.15) is 11.1 Å². The zero-order valence-corrected chi connectivity index (χ0v) is 15.3. The van der Waals surface area contributed by atoms with Crippen LogP contribution >= 0.6 is 38.9 Å². The van der Waals surface area contributed by atoms with Gasteiger partial charge in [-0.2, -0.15) is 0 Å². The van der Waals surface area contributed by atoms with Crippen molar-refractivity contribution >= 4 is 44.0 Å². The van der Waals surface area contributed by atoms with Gasteiger partial charge in [-0.05, 0) is 51.3 Å². The molecule has 0 bridgehead atoms. The molecule has 1 aromatic heterocycles. The van der Waals surface area contributed by atoms with E-state index in [1.807, 2.05) is 41.8 Å². The molecule has 0 aliphatic rings. The van der Waals surface area contributed by atoms with Crippen molar-refractivity contribution in [1.29, 1.82) is 0 Å². The second-order valence-electron chi connectivity index (χ2n) is 4.87. The summed E-state index contributed by atoms with van der Waals surface area (Å²) in [5, 5.41) is 6.88. The van der Waals surface area contributed by atoms with E-state index >= 15 is 0 Å². The third-order valence-corrected chi connectivity index (χ3v) is 4.78. The van der Waals surface area contributed by atoms with Crippen LogP contribution in [-0.2, 0) is 13.2 Å². The topological polar surface area (TPSA) is 34.1 Å². The van der Waals surface area contributed by atoms with Crippen molar-refractivity contribution in [3.05, 3.63) is 74.7 Å². The first-order chi connectivity index (χ1) is 11.2. The third-order valence-electron chi connectivity index (χ3n) is 3.18. The molecule has 2 aromatic carbocycles. The SMILES string of the molecule is Clc1ccc(COc2ccc(CNc3nccs3)cc2Br)cc1. The van der Waals surface area contributed by atoms with Gasteiger partial charge < -0.3 is 10.1 Å². The summed E-state index contributed by atoms with van der Waals surface area (Å²) < 4.78 is 6.78. The smallest absolute Gasteiger partial charge is 0.182 e. The molecule has 3 aromatic rings. The molecule has 0 spiro atoms. The molecular formula is C17H14BrClN2OS. The number of rotatable bonds is 6. The number of aromatic nitrogens is 1. The van der Waals surface area contributed by atoms with Gasteiger partial charge in [0.05, 0.1) is 4.47 Å². The highest BCUT2D eigenvalue weighted by molar-refractivity contribution is 9.10. The van der Waals surface area contributed by atoms with E-state index in [0.717, 1.165) is 38.0 Å². The van der Waals surface area contributed by atoms with E-state index in [-0.39, 0.29) is 0 Å². The standard InChI is InChI=1S/C17H14BrClN2OS/c18-15-9-13(10-21-17-20-7-8-23-17)3-6-16(15)22-11-12-1-4-14(19)5-2-12/h1-9H,10-11H2,(H,20,21). The van der Waals surface area contributed by atoms with Crippen molar-refractivity contribution in [3.8, 4) is 5.75 Å². The number of hydrogen-bond acceptors (Lipinski definition) is 4. The second kappa shape index (κ2) is 7.81. The summed E-state index contributed by atoms with van der Waals surface area (Å²) in [4.78, 5) is 4.20. The molecule has 3 rings (SSSR count). The number of ether oxygens (including phenoxy) is 1. The Hall–Kier alpha value is -1.56. The molecular weight excluding hydrogens is 396 g/mol. The summed E-state index contributed by atoms with van der Waals surface area (Å²) >= 11 is 11.0. The first-order valence-electron chi connectivity index (χ1n) is 7.00. The minimum atomic E-state index is 0.506. The lowest BCUT2D eigenvalue weighted by atomic mass is 10.2. The van der Waals surface area contributed by atoms with E-state index in [4.69, 9.17) is 16.3 Å². The Morgan fingerprint density at radius 1 is 1.13 bits per heavy atom. The summed E-state index contributed by atoms with van der Waals surface area (Å²) in [5.74, 6) is 0.818. The van der Waals surface area contributed by atoms with Crippen LogP contribution < -0.4 is 10.1 Å². The van der Waals surface area contributed by atoms with Crippen LogP contribution in [0.15, 0.2) is 58.5 Å². The Bertz CT molecular complexity index is 763. The lowest BCUT2D eigenvalue weighted by Crippen LogP contribution is -2.00. The molecule has 0 aliphatic heterocycles. The van der Waals surface area contributed by atoms with Crippen LogP contribution in [0.5, 0.6) is 5.75 Å². The predicted molar refractivity (Wildman–Crippen MR) is 99.4 cm³/mol. The summed E-state index contributed by atoms with van der Waals surface area (Å²) in [6.45, 7) is 1.23. The molecule has 0 radical (unpaired) electrons. The maximum atomic E-state index is 5.88. The molecule has 3 nitrogen and oxygen atoms in total. The molecule has 0 fully saturated rings. The van der Waals surface area contributed by atoms with Crippen molar-refractivity contribution in [2.75, 3.05) is 5.32 Å². The predicted octanol–water partition coefficient (Wildman–Crippen LogP) is 5.75. The highest BCUT2D eigenvalue weighted by atomic mass is 79.9. The fourth-order valence-electron chi connectivity index (χ4n) is 2.00. The molecule has 0 unspecified atom stereocenters. The summed E-state index contributed by atoms with van der Waals surface area (Å²) in [7, 11) is 0. The van der Waals surface area contributed by atoms with Gasteiger partial charge in [-0.3, -0.25) is 0 Å². The molecule has 0 amide bonds. The van der Waals surface area contributed by atoms with Crippen molar-refractivity contribution < 1.29 is 4.74 Å². The molecule has 0 aliphatic carbocycles. The van der Waals surface area contributed by atoms with Crippen LogP contribution in [0.4, 0.5) is 5.13 Å². The van der Waals surface area contributed by atoms with E-state index in [2.05, 4.69) is 32.3 Å². The van der Waals surface area contributed by atoms with Gasteiger partial charge in [0.15, 0.2) is 5.13 Å². The van der Waals surface area contributed by atoms with Gasteiger partial charge in [-0.25, -0.2) is 4.98 Å². The second-order valence-corrected chi connectivity index (χ2v) is 7.06. The third kappa shape index (κ3) is 4.70. The van der Waals surface area contributed by atoms with Crippen LogP contribution in [0.2, 0.25) is 5.02 Å². The fourth-order valence-corrected chi connectivity index (χ4v) is 3.20. The van der Waals surface area contributed by atoms with Gasteiger partial charge in [0.25, 0.3) is 0 Å². The number of hydrogen-bond donors (Lipinski definition) is 1. The molecule has 0 saturated heterocycles. The molecule has 0 saturated carbocycles. The van der Waals surface area contributed by atoms with E-state index in [0.29, 0.717) is 6.61 Å². The van der Waals surface area contributed by atoms with Gasteiger partial charge in [0.1, 0.15) is 12.4 Å². The Morgan fingerprint density at radius 3 is 2.61 bits per heavy atom. The number of thiazole rings is 1. The van der Waals surface area contributed by atoms with Crippen LogP contribution in [0.25, 0.3) is 0 Å². The highest BCUT2D eigenvalue weighted by Crippen LogP contribution is 2.27. The van der Waals surface area contributed by atoms with Gasteiger partial charge in [-0.1, -0.05) is 29.8 Å². The highest BCUT2D eigenvalue weighted by Gasteiger charge is 2.04. The Balaban J connectivity index is 1.59. The number of nitrogens with one attached hydrogen (secondary N) is 1. The molecule has 0 atom stereocenters. The van der Waals surface area contributed by atoms with Crippen molar-refractivity contribution in [2.24, 2.45) is 0 Å².